The lowest BCUT2D eigenvalue weighted by Gasteiger charge is -2.08. The second-order valence-corrected chi connectivity index (χ2v) is 5.75. The van der Waals surface area contributed by atoms with Crippen LogP contribution in [-0.2, 0) is 14.5 Å². The summed E-state index contributed by atoms with van der Waals surface area (Å²) in [5, 5.41) is 8.48. The highest BCUT2D eigenvalue weighted by molar-refractivity contribution is 7.92. The van der Waals surface area contributed by atoms with Crippen LogP contribution in [0.25, 0.3) is 0 Å². The van der Waals surface area contributed by atoms with Crippen molar-refractivity contribution in [2.45, 2.75) is 32.2 Å². The van der Waals surface area contributed by atoms with E-state index in [1.165, 1.54) is 0 Å². The van der Waals surface area contributed by atoms with Crippen LogP contribution in [-0.4, -0.2) is 32.8 Å². The van der Waals surface area contributed by atoms with Crippen LogP contribution >= 0.6 is 0 Å². The molecule has 84 valence electrons. The van der Waals surface area contributed by atoms with Gasteiger partial charge in [-0.05, 0) is 12.8 Å². The first-order chi connectivity index (χ1) is 6.39. The largest absolute Gasteiger partial charge is 0.480 e. The topological polar surface area (TPSA) is 104 Å². The van der Waals surface area contributed by atoms with Crippen LogP contribution in [0.1, 0.15) is 26.2 Å². The Kier molecular flexibility index (Phi) is 5.71. The minimum Gasteiger partial charge on any atom is -0.480 e. The molecule has 0 fully saturated rings. The fraction of sp³-hybridized carbons (Fsp3) is 0.875. The molecule has 2 atom stereocenters. The van der Waals surface area contributed by atoms with Gasteiger partial charge < -0.3 is 10.8 Å². The van der Waals surface area contributed by atoms with E-state index < -0.39 is 21.7 Å². The number of nitrogens with two attached hydrogens (primary N) is 1. The molecule has 0 aromatic rings. The lowest BCUT2D eigenvalue weighted by atomic mass is 10.2. The minimum atomic E-state index is -2.62. The Hall–Kier alpha value is -0.620. The lowest BCUT2D eigenvalue weighted by Crippen LogP contribution is -2.32. The smallest absolute Gasteiger partial charge is 0.320 e. The van der Waals surface area contributed by atoms with Gasteiger partial charge in [0.05, 0.1) is 0 Å². The Bertz CT molecular complexity index is 274. The monoisotopic (exact) mass is 222 g/mol. The summed E-state index contributed by atoms with van der Waals surface area (Å²) >= 11 is 0. The molecule has 0 bridgehead atoms. The molecule has 0 aliphatic carbocycles. The van der Waals surface area contributed by atoms with Crippen molar-refractivity contribution in [1.82, 2.24) is 0 Å². The van der Waals surface area contributed by atoms with Gasteiger partial charge in [0.25, 0.3) is 0 Å². The normalized spacial score (nSPS) is 17.3. The molecule has 0 aromatic heterocycles. The van der Waals surface area contributed by atoms with Crippen molar-refractivity contribution >= 4 is 15.7 Å². The van der Waals surface area contributed by atoms with Gasteiger partial charge in [-0.3, -0.25) is 9.57 Å². The molecule has 0 unspecified atom stereocenters. The highest BCUT2D eigenvalue weighted by atomic mass is 32.2. The number of unbranched alkanes of at least 4 members (excludes halogenated alkanes) is 1. The lowest BCUT2D eigenvalue weighted by molar-refractivity contribution is -0.138. The number of rotatable bonds is 7. The van der Waals surface area contributed by atoms with Gasteiger partial charge in [-0.25, -0.2) is 4.21 Å². The number of hydrogen-bond donors (Lipinski definition) is 3. The predicted molar refractivity (Wildman–Crippen MR) is 55.7 cm³/mol. The average molecular weight is 222 g/mol. The average Bonchev–Trinajstić information content (AvgIpc) is 2.11. The van der Waals surface area contributed by atoms with Crippen molar-refractivity contribution in [3.8, 4) is 0 Å². The second kappa shape index (κ2) is 5.98. The van der Waals surface area contributed by atoms with Gasteiger partial charge in [-0.15, -0.1) is 0 Å². The fourth-order valence-corrected chi connectivity index (χ4v) is 2.51. The Balaban J connectivity index is 3.93. The highest BCUT2D eigenvalue weighted by Crippen LogP contribution is 2.02. The third kappa shape index (κ3) is 5.93. The fourth-order valence-electron chi connectivity index (χ4n) is 0.920. The zero-order valence-electron chi connectivity index (χ0n) is 8.36. The number of nitrogens with one attached hydrogen (secondary N) is 1. The maximum atomic E-state index is 11.5. The van der Waals surface area contributed by atoms with Gasteiger partial charge >= 0.3 is 5.97 Å². The summed E-state index contributed by atoms with van der Waals surface area (Å²) in [6.45, 7) is 1.96. The summed E-state index contributed by atoms with van der Waals surface area (Å²) < 4.78 is 18.9. The van der Waals surface area contributed by atoms with Crippen LogP contribution in [0.5, 0.6) is 0 Å². The zero-order chi connectivity index (χ0) is 11.2. The maximum Gasteiger partial charge on any atom is 0.320 e. The van der Waals surface area contributed by atoms with Gasteiger partial charge in [0.15, 0.2) is 0 Å². The molecule has 0 heterocycles. The van der Waals surface area contributed by atoms with Crippen LogP contribution < -0.4 is 5.73 Å². The van der Waals surface area contributed by atoms with Gasteiger partial charge in [-0.2, -0.15) is 0 Å². The number of carboxylic acid groups (broad SMARTS) is 1. The van der Waals surface area contributed by atoms with Crippen molar-refractivity contribution in [3.63, 3.8) is 0 Å². The molecule has 0 rings (SSSR count). The summed E-state index contributed by atoms with van der Waals surface area (Å²) in [7, 11) is -2.62. The molecule has 0 saturated heterocycles. The second-order valence-electron chi connectivity index (χ2n) is 3.31. The molecule has 0 aliphatic rings. The van der Waals surface area contributed by atoms with Crippen molar-refractivity contribution in [1.29, 1.82) is 4.78 Å². The Morgan fingerprint density at radius 1 is 1.57 bits per heavy atom. The van der Waals surface area contributed by atoms with Crippen molar-refractivity contribution in [2.75, 3.05) is 11.5 Å². The van der Waals surface area contributed by atoms with E-state index in [9.17, 15) is 9.00 Å². The third-order valence-corrected chi connectivity index (χ3v) is 3.75. The summed E-state index contributed by atoms with van der Waals surface area (Å²) in [5.74, 6) is -0.674. The van der Waals surface area contributed by atoms with Gasteiger partial charge in [-0.1, -0.05) is 13.3 Å². The molecule has 4 N–H and O–H groups in total. The number of carboxylic acids is 1. The van der Waals surface area contributed by atoms with E-state index in [0.717, 1.165) is 12.8 Å². The summed E-state index contributed by atoms with van der Waals surface area (Å²) in [6.07, 6.45) is 1.74. The Morgan fingerprint density at radius 2 is 2.14 bits per heavy atom. The third-order valence-electron chi connectivity index (χ3n) is 1.90. The predicted octanol–water partition coefficient (Wildman–Crippen LogP) is 0.635. The first kappa shape index (κ1) is 13.4. The molecule has 0 amide bonds. The van der Waals surface area contributed by atoms with E-state index in [-0.39, 0.29) is 12.2 Å². The molecular weight excluding hydrogens is 204 g/mol. The standard InChI is InChI=1S/C8H18N2O3S/c1-2-3-5-14(10,13)6-4-7(9)8(11)12/h7,10H,2-6,9H2,1H3,(H,11,12)/t7-,14-/m0/s1. The van der Waals surface area contributed by atoms with Crippen molar-refractivity contribution < 1.29 is 14.1 Å². The molecule has 0 spiro atoms. The van der Waals surface area contributed by atoms with Gasteiger partial charge in [0, 0.05) is 21.2 Å². The molecule has 0 aromatic carbocycles. The van der Waals surface area contributed by atoms with E-state index in [2.05, 4.69) is 0 Å². The summed E-state index contributed by atoms with van der Waals surface area (Å²) in [5.41, 5.74) is 5.24. The van der Waals surface area contributed by atoms with E-state index in [1.54, 1.807) is 0 Å². The van der Waals surface area contributed by atoms with Crippen LogP contribution in [0.4, 0.5) is 0 Å². The Labute approximate surface area is 84.7 Å². The molecule has 0 radical (unpaired) electrons. The van der Waals surface area contributed by atoms with Crippen LogP contribution in [0, 0.1) is 4.78 Å². The number of aliphatic carboxylic acids is 1. The van der Waals surface area contributed by atoms with E-state index in [4.69, 9.17) is 15.6 Å². The SMILES string of the molecule is CCCC[S@](=N)(=O)CC[C@H](N)C(=O)O. The number of carbonyl (C=O) groups is 1. The van der Waals surface area contributed by atoms with Crippen LogP contribution in [0.15, 0.2) is 0 Å². The molecule has 5 nitrogen and oxygen atoms in total. The van der Waals surface area contributed by atoms with Gasteiger partial charge in [0.2, 0.25) is 0 Å². The molecule has 14 heavy (non-hydrogen) atoms. The van der Waals surface area contributed by atoms with E-state index >= 15 is 0 Å². The molecular formula is C8H18N2O3S. The van der Waals surface area contributed by atoms with Crippen molar-refractivity contribution in [3.05, 3.63) is 0 Å². The Morgan fingerprint density at radius 3 is 2.57 bits per heavy atom. The van der Waals surface area contributed by atoms with E-state index in [1.807, 2.05) is 6.92 Å². The summed E-state index contributed by atoms with van der Waals surface area (Å²) in [4.78, 5) is 10.4. The molecule has 6 heteroatoms. The first-order valence-corrected chi connectivity index (χ1v) is 6.51. The quantitative estimate of drug-likeness (QED) is 0.587. The summed E-state index contributed by atoms with van der Waals surface area (Å²) in [6, 6.07) is -0.997. The number of hydrogen-bond acceptors (Lipinski definition) is 4. The molecule has 0 aliphatic heterocycles. The first-order valence-electron chi connectivity index (χ1n) is 4.61. The van der Waals surface area contributed by atoms with Crippen molar-refractivity contribution in [2.24, 2.45) is 5.73 Å². The minimum absolute atomic E-state index is 0.0838. The highest BCUT2D eigenvalue weighted by Gasteiger charge is 2.14. The van der Waals surface area contributed by atoms with Crippen LogP contribution in [0.2, 0.25) is 0 Å². The maximum absolute atomic E-state index is 11.5. The van der Waals surface area contributed by atoms with E-state index in [0.29, 0.717) is 5.75 Å². The zero-order valence-corrected chi connectivity index (χ0v) is 9.18. The van der Waals surface area contributed by atoms with Gasteiger partial charge in [0.1, 0.15) is 6.04 Å². The molecule has 0 saturated carbocycles. The van der Waals surface area contributed by atoms with Crippen LogP contribution in [0.3, 0.4) is 0 Å².